The van der Waals surface area contributed by atoms with Crippen molar-refractivity contribution in [3.8, 4) is 33.4 Å². The van der Waals surface area contributed by atoms with Crippen molar-refractivity contribution >= 4 is 34.1 Å². The fraction of sp³-hybridized carbons (Fsp3) is 0.0417. The van der Waals surface area contributed by atoms with Crippen LogP contribution in [-0.2, 0) is 12.8 Å². The Morgan fingerprint density at radius 1 is 0.288 bits per heavy atom. The normalized spacial score (nSPS) is 12.8. The summed E-state index contributed by atoms with van der Waals surface area (Å²) in [6, 6.07) is 56.8. The highest BCUT2D eigenvalue weighted by atomic mass is 15.2. The summed E-state index contributed by atoms with van der Waals surface area (Å²) in [5, 5.41) is 0. The van der Waals surface area contributed by atoms with Crippen molar-refractivity contribution in [2.45, 2.75) is 12.8 Å². The first kappa shape index (κ1) is 30.1. The number of para-hydroxylation sites is 6. The minimum Gasteiger partial charge on any atom is -0.309 e. The minimum absolute atomic E-state index is 0.913. The minimum atomic E-state index is 0.913. The number of aromatic nitrogens is 2. The molecule has 0 saturated heterocycles. The molecule has 0 saturated carbocycles. The van der Waals surface area contributed by atoms with E-state index in [1.807, 2.05) is 24.8 Å². The lowest BCUT2D eigenvalue weighted by atomic mass is 9.89. The number of benzene rings is 6. The smallest absolute Gasteiger partial charge is 0.0540 e. The standard InChI is InChI=1S/C48H34N4/c1-7-19-43-33(13-1)29-34-14-2-8-20-44(34)51(43)47-23-11-5-17-39(47)37-25-27-49-31-41(37)42-32-50-28-26-38(42)40-18-6-12-24-48(40)52-45-21-9-3-15-35(45)30-36-16-4-10-22-46(36)52/h1-28,31-32H,29-30H2. The number of nitrogens with zero attached hydrogens (tertiary/aromatic N) is 4. The van der Waals surface area contributed by atoms with Crippen molar-refractivity contribution in [1.82, 2.24) is 9.97 Å². The molecule has 2 aliphatic heterocycles. The SMILES string of the molecule is c1ccc2c(c1)Cc1ccccc1N2c1ccccc1-c1ccncc1-c1cnccc1-c1ccccc1N1c2ccccc2Cc2ccccc21. The highest BCUT2D eigenvalue weighted by molar-refractivity contribution is 6.00. The topological polar surface area (TPSA) is 32.3 Å². The van der Waals surface area contributed by atoms with Crippen molar-refractivity contribution in [2.75, 3.05) is 9.80 Å². The molecule has 0 radical (unpaired) electrons. The van der Waals surface area contributed by atoms with E-state index in [0.717, 1.165) is 57.6 Å². The first-order valence-electron chi connectivity index (χ1n) is 17.8. The molecule has 0 unspecified atom stereocenters. The van der Waals surface area contributed by atoms with Gasteiger partial charge in [0, 0.05) is 82.6 Å². The fourth-order valence-electron chi connectivity index (χ4n) is 8.18. The quantitative estimate of drug-likeness (QED) is 0.183. The largest absolute Gasteiger partial charge is 0.309 e. The second-order valence-electron chi connectivity index (χ2n) is 13.4. The van der Waals surface area contributed by atoms with E-state index in [4.69, 9.17) is 9.97 Å². The molecule has 2 aliphatic rings. The van der Waals surface area contributed by atoms with Crippen LogP contribution >= 0.6 is 0 Å². The second-order valence-corrected chi connectivity index (χ2v) is 13.4. The van der Waals surface area contributed by atoms with E-state index < -0.39 is 0 Å². The molecule has 4 nitrogen and oxygen atoms in total. The van der Waals surface area contributed by atoms with E-state index in [1.54, 1.807) is 0 Å². The van der Waals surface area contributed by atoms with Gasteiger partial charge in [-0.15, -0.1) is 0 Å². The van der Waals surface area contributed by atoms with Crippen LogP contribution in [0.5, 0.6) is 0 Å². The molecule has 0 amide bonds. The third-order valence-corrected chi connectivity index (χ3v) is 10.5. The van der Waals surface area contributed by atoms with Crippen LogP contribution < -0.4 is 9.80 Å². The fourth-order valence-corrected chi connectivity index (χ4v) is 8.18. The van der Waals surface area contributed by atoms with Crippen molar-refractivity contribution < 1.29 is 0 Å². The van der Waals surface area contributed by atoms with Gasteiger partial charge in [0.2, 0.25) is 0 Å². The third-order valence-electron chi connectivity index (χ3n) is 10.5. The van der Waals surface area contributed by atoms with Crippen LogP contribution in [0.1, 0.15) is 22.3 Å². The Morgan fingerprint density at radius 3 is 0.962 bits per heavy atom. The van der Waals surface area contributed by atoms with Gasteiger partial charge in [-0.2, -0.15) is 0 Å². The van der Waals surface area contributed by atoms with Gasteiger partial charge in [0.05, 0.1) is 11.4 Å². The first-order chi connectivity index (χ1) is 25.8. The second kappa shape index (κ2) is 12.5. The molecule has 0 bridgehead atoms. The summed E-state index contributed by atoms with van der Waals surface area (Å²) in [4.78, 5) is 14.3. The lowest BCUT2D eigenvalue weighted by Crippen LogP contribution is -2.19. The molecule has 6 aromatic carbocycles. The summed E-state index contributed by atoms with van der Waals surface area (Å²) in [7, 11) is 0. The van der Waals surface area contributed by atoms with Crippen molar-refractivity contribution in [3.63, 3.8) is 0 Å². The molecule has 4 heteroatoms. The Hall–Kier alpha value is -6.78. The van der Waals surface area contributed by atoms with Crippen LogP contribution in [0.4, 0.5) is 34.1 Å². The zero-order valence-corrected chi connectivity index (χ0v) is 28.5. The van der Waals surface area contributed by atoms with Crippen LogP contribution in [0, 0.1) is 0 Å². The average Bonchev–Trinajstić information content (AvgIpc) is 3.22. The predicted molar refractivity (Wildman–Crippen MR) is 213 cm³/mol. The molecule has 246 valence electrons. The van der Waals surface area contributed by atoms with E-state index in [-0.39, 0.29) is 0 Å². The summed E-state index contributed by atoms with van der Waals surface area (Å²) < 4.78 is 0. The van der Waals surface area contributed by atoms with Gasteiger partial charge in [0.15, 0.2) is 0 Å². The van der Waals surface area contributed by atoms with Gasteiger partial charge >= 0.3 is 0 Å². The Kier molecular flexibility index (Phi) is 7.24. The maximum absolute atomic E-state index is 4.72. The summed E-state index contributed by atoms with van der Waals surface area (Å²) in [6.45, 7) is 0. The molecule has 0 aliphatic carbocycles. The molecular weight excluding hydrogens is 633 g/mol. The van der Waals surface area contributed by atoms with Crippen molar-refractivity contribution in [1.29, 1.82) is 0 Å². The number of hydrogen-bond acceptors (Lipinski definition) is 4. The predicted octanol–water partition coefficient (Wildman–Crippen LogP) is 12.2. The van der Waals surface area contributed by atoms with Crippen molar-refractivity contribution in [3.05, 3.63) is 205 Å². The number of fused-ring (bicyclic) bond motifs is 4. The summed E-state index contributed by atoms with van der Waals surface area (Å²) >= 11 is 0. The molecule has 0 atom stereocenters. The van der Waals surface area contributed by atoms with E-state index in [9.17, 15) is 0 Å². The molecule has 52 heavy (non-hydrogen) atoms. The molecule has 8 aromatic rings. The molecule has 10 rings (SSSR count). The van der Waals surface area contributed by atoms with E-state index in [1.165, 1.54) is 45.0 Å². The van der Waals surface area contributed by atoms with Gasteiger partial charge in [-0.25, -0.2) is 0 Å². The zero-order valence-electron chi connectivity index (χ0n) is 28.5. The number of rotatable bonds is 5. The van der Waals surface area contributed by atoms with Crippen molar-refractivity contribution in [2.24, 2.45) is 0 Å². The Morgan fingerprint density at radius 2 is 0.596 bits per heavy atom. The lowest BCUT2D eigenvalue weighted by molar-refractivity contribution is 1.09. The van der Waals surface area contributed by atoms with Gasteiger partial charge in [0.1, 0.15) is 0 Å². The highest BCUT2D eigenvalue weighted by Crippen LogP contribution is 2.51. The Balaban J connectivity index is 1.16. The van der Waals surface area contributed by atoms with E-state index in [0.29, 0.717) is 0 Å². The van der Waals surface area contributed by atoms with Crippen LogP contribution in [-0.4, -0.2) is 9.97 Å². The summed E-state index contributed by atoms with van der Waals surface area (Å²) in [6.07, 6.45) is 9.63. The molecular formula is C48H34N4. The maximum atomic E-state index is 4.72. The average molecular weight is 667 g/mol. The first-order valence-corrected chi connectivity index (χ1v) is 17.8. The van der Waals surface area contributed by atoms with E-state index >= 15 is 0 Å². The van der Waals surface area contributed by atoms with Gasteiger partial charge < -0.3 is 9.80 Å². The Labute approximate surface area is 304 Å². The van der Waals surface area contributed by atoms with Gasteiger partial charge in [-0.05, 0) is 81.9 Å². The molecule has 0 fully saturated rings. The monoisotopic (exact) mass is 666 g/mol. The third kappa shape index (κ3) is 4.91. The van der Waals surface area contributed by atoms with Gasteiger partial charge in [-0.3, -0.25) is 9.97 Å². The Bertz CT molecular complexity index is 2350. The maximum Gasteiger partial charge on any atom is 0.0540 e. The molecule has 2 aromatic heterocycles. The van der Waals surface area contributed by atoms with Gasteiger partial charge in [-0.1, -0.05) is 109 Å². The van der Waals surface area contributed by atoms with Crippen LogP contribution in [0.15, 0.2) is 183 Å². The molecule has 4 heterocycles. The molecule has 0 spiro atoms. The van der Waals surface area contributed by atoms with Crippen LogP contribution in [0.25, 0.3) is 33.4 Å². The highest BCUT2D eigenvalue weighted by Gasteiger charge is 2.28. The van der Waals surface area contributed by atoms with Crippen LogP contribution in [0.3, 0.4) is 0 Å². The zero-order chi connectivity index (χ0) is 34.4. The summed E-state index contributed by atoms with van der Waals surface area (Å²) in [5.41, 5.74) is 18.9. The number of pyridine rings is 2. The summed E-state index contributed by atoms with van der Waals surface area (Å²) in [5.74, 6) is 0. The van der Waals surface area contributed by atoms with E-state index in [2.05, 4.69) is 168 Å². The number of anilines is 6. The van der Waals surface area contributed by atoms with Crippen LogP contribution in [0.2, 0.25) is 0 Å². The molecule has 0 N–H and O–H groups in total. The lowest BCUT2D eigenvalue weighted by Gasteiger charge is -2.35. The van der Waals surface area contributed by atoms with Gasteiger partial charge in [0.25, 0.3) is 0 Å². The number of hydrogen-bond donors (Lipinski definition) is 0.